The Balaban J connectivity index is 1.44. The molecule has 9 N–H and O–H groups in total. The Kier molecular flexibility index (Phi) is 6.79. The number of primary amides is 1. The number of nitrogens with one attached hydrogen (secondary N) is 2. The quantitative estimate of drug-likeness (QED) is 0.143. The van der Waals surface area contributed by atoms with Gasteiger partial charge in [0.25, 0.3) is 11.8 Å². The number of benzene rings is 2. The van der Waals surface area contributed by atoms with E-state index in [0.29, 0.717) is 16.7 Å². The van der Waals surface area contributed by atoms with Crippen molar-refractivity contribution in [2.24, 2.45) is 12.8 Å². The smallest absolute Gasteiger partial charge is 0.419 e. The Hall–Kier alpha value is -6.19. The van der Waals surface area contributed by atoms with Gasteiger partial charge in [-0.05, 0) is 41.5 Å². The van der Waals surface area contributed by atoms with E-state index >= 15 is 0 Å². The highest BCUT2D eigenvalue weighted by Crippen LogP contribution is 2.21. The molecule has 214 valence electrons. The molecule has 0 saturated heterocycles. The number of anilines is 2. The Morgan fingerprint density at radius 1 is 1.02 bits per heavy atom. The number of nitrogens with two attached hydrogens (primary N) is 3. The number of imidazole rings is 1. The molecule has 0 aliphatic carbocycles. The van der Waals surface area contributed by atoms with E-state index in [1.807, 2.05) is 0 Å². The number of carboxylic acids is 1. The van der Waals surface area contributed by atoms with E-state index in [0.717, 1.165) is 6.07 Å². The highest BCUT2D eigenvalue weighted by atomic mass is 16.4. The van der Waals surface area contributed by atoms with E-state index in [4.69, 9.17) is 26.7 Å². The van der Waals surface area contributed by atoms with Crippen LogP contribution in [-0.4, -0.2) is 47.7 Å². The van der Waals surface area contributed by atoms with Gasteiger partial charge in [0.05, 0.1) is 11.1 Å². The summed E-state index contributed by atoms with van der Waals surface area (Å²) in [5, 5.41) is 14.3. The average molecular weight is 574 g/mol. The molecule has 3 aromatic heterocycles. The first-order valence-electron chi connectivity index (χ1n) is 12.2. The maximum absolute atomic E-state index is 13.3. The number of fused-ring (bicyclic) bond motifs is 2. The van der Waals surface area contributed by atoms with E-state index in [1.54, 1.807) is 25.2 Å². The highest BCUT2D eigenvalue weighted by molar-refractivity contribution is 6.01. The molecule has 3 heterocycles. The van der Waals surface area contributed by atoms with Crippen molar-refractivity contribution in [3.8, 4) is 0 Å². The summed E-state index contributed by atoms with van der Waals surface area (Å²) >= 11 is 0. The van der Waals surface area contributed by atoms with Gasteiger partial charge < -0.3 is 37.4 Å². The van der Waals surface area contributed by atoms with Crippen molar-refractivity contribution in [1.29, 1.82) is 0 Å². The summed E-state index contributed by atoms with van der Waals surface area (Å²) < 4.78 is 7.61. The van der Waals surface area contributed by atoms with E-state index in [-0.39, 0.29) is 46.5 Å². The Morgan fingerprint density at radius 3 is 2.40 bits per heavy atom. The van der Waals surface area contributed by atoms with Crippen molar-refractivity contribution in [2.45, 2.75) is 12.6 Å². The third kappa shape index (κ3) is 4.94. The molecule has 2 aromatic carbocycles. The number of hydrogen-bond donors (Lipinski definition) is 6. The third-order valence-electron chi connectivity index (χ3n) is 6.47. The number of amides is 3. The minimum atomic E-state index is -1.35. The second-order valence-corrected chi connectivity index (χ2v) is 9.19. The second kappa shape index (κ2) is 10.4. The van der Waals surface area contributed by atoms with Crippen molar-refractivity contribution < 1.29 is 28.7 Å². The number of aromatic carboxylic acids is 1. The molecule has 42 heavy (non-hydrogen) atoms. The lowest BCUT2D eigenvalue weighted by molar-refractivity contribution is -0.120. The van der Waals surface area contributed by atoms with Crippen LogP contribution in [0.15, 0.2) is 57.7 Å². The Morgan fingerprint density at radius 2 is 1.74 bits per heavy atom. The summed E-state index contributed by atoms with van der Waals surface area (Å²) in [7, 11) is 1.55. The van der Waals surface area contributed by atoms with Crippen LogP contribution in [0.4, 0.5) is 11.8 Å². The number of aryl methyl sites for hydroxylation is 1. The zero-order valence-electron chi connectivity index (χ0n) is 21.8. The predicted molar refractivity (Wildman–Crippen MR) is 147 cm³/mol. The van der Waals surface area contributed by atoms with Gasteiger partial charge in [-0.25, -0.2) is 14.6 Å². The second-order valence-electron chi connectivity index (χ2n) is 9.19. The molecule has 0 radical (unpaired) electrons. The SMILES string of the molecule is Cn1c(=O)oc2ccc(CNC(=O)c3cc(C(=O)N[C@@H](C(N)=O)c4ccc(C(=O)O)cc4)nc4c(N)nc(N)n34)cc21. The van der Waals surface area contributed by atoms with Crippen LogP contribution in [0, 0.1) is 0 Å². The number of carbonyl (C=O) groups is 4. The minimum absolute atomic E-state index is 0.0274. The van der Waals surface area contributed by atoms with Gasteiger partial charge >= 0.3 is 11.7 Å². The van der Waals surface area contributed by atoms with E-state index < -0.39 is 35.5 Å². The highest BCUT2D eigenvalue weighted by Gasteiger charge is 2.25. The normalized spacial score (nSPS) is 11.8. The number of nitrogen functional groups attached to an aromatic ring is 2. The first kappa shape index (κ1) is 27.4. The van der Waals surface area contributed by atoms with Crippen molar-refractivity contribution in [1.82, 2.24) is 29.6 Å². The molecule has 1 atom stereocenters. The first-order chi connectivity index (χ1) is 19.9. The minimum Gasteiger partial charge on any atom is -0.478 e. The predicted octanol–water partition coefficient (Wildman–Crippen LogP) is -0.0768. The lowest BCUT2D eigenvalue weighted by atomic mass is 10.0. The van der Waals surface area contributed by atoms with Crippen LogP contribution in [-0.2, 0) is 18.4 Å². The fourth-order valence-corrected chi connectivity index (χ4v) is 4.31. The first-order valence-corrected chi connectivity index (χ1v) is 12.2. The lowest BCUT2D eigenvalue weighted by Gasteiger charge is -2.16. The fourth-order valence-electron chi connectivity index (χ4n) is 4.31. The van der Waals surface area contributed by atoms with Crippen LogP contribution in [0.2, 0.25) is 0 Å². The van der Waals surface area contributed by atoms with Crippen LogP contribution < -0.4 is 33.6 Å². The number of carbonyl (C=O) groups excluding carboxylic acids is 3. The number of nitrogens with zero attached hydrogens (tertiary/aromatic N) is 4. The summed E-state index contributed by atoms with van der Waals surface area (Å²) in [5.41, 5.74) is 18.6. The van der Waals surface area contributed by atoms with Crippen LogP contribution in [0.25, 0.3) is 16.7 Å². The summed E-state index contributed by atoms with van der Waals surface area (Å²) in [5.74, 6) is -4.49. The molecule has 0 aliphatic rings. The fraction of sp³-hybridized carbons (Fsp3) is 0.115. The van der Waals surface area contributed by atoms with Gasteiger partial charge in [0, 0.05) is 13.6 Å². The summed E-state index contributed by atoms with van der Waals surface area (Å²) in [6, 6.07) is 9.93. The molecule has 0 saturated carbocycles. The molecule has 16 heteroatoms. The van der Waals surface area contributed by atoms with Crippen molar-refractivity contribution in [3.05, 3.63) is 87.2 Å². The zero-order chi connectivity index (χ0) is 30.3. The molecule has 0 fully saturated rings. The number of carboxylic acid groups (broad SMARTS) is 1. The average Bonchev–Trinajstić information content (AvgIpc) is 3.42. The van der Waals surface area contributed by atoms with Crippen LogP contribution in [0.5, 0.6) is 0 Å². The van der Waals surface area contributed by atoms with Gasteiger partial charge in [0.1, 0.15) is 17.4 Å². The standard InChI is InChI=1S/C26H23N9O7/c1-34-15-8-11(2-7-17(15)42-26(34)41)10-30-23(38)16-9-14(31-21-19(27)33-25(29)35(16)21)22(37)32-18(20(28)36)12-3-5-13(6-4-12)24(39)40/h2-9,18H,10,27H2,1H3,(H2,28,36)(H2,29,33)(H,30,38)(H,32,37)(H,39,40)/t18-/m1/s1. The molecule has 5 rings (SSSR count). The van der Waals surface area contributed by atoms with Crippen molar-refractivity contribution in [3.63, 3.8) is 0 Å². The molecular formula is C26H23N9O7. The van der Waals surface area contributed by atoms with Gasteiger partial charge in [-0.15, -0.1) is 0 Å². The van der Waals surface area contributed by atoms with Crippen molar-refractivity contribution in [2.75, 3.05) is 11.5 Å². The van der Waals surface area contributed by atoms with E-state index in [1.165, 1.54) is 33.2 Å². The van der Waals surface area contributed by atoms with Gasteiger partial charge in [-0.3, -0.25) is 23.4 Å². The third-order valence-corrected chi connectivity index (χ3v) is 6.47. The van der Waals surface area contributed by atoms with Gasteiger partial charge in [0.2, 0.25) is 11.9 Å². The molecule has 0 bridgehead atoms. The monoisotopic (exact) mass is 573 g/mol. The molecule has 16 nitrogen and oxygen atoms in total. The van der Waals surface area contributed by atoms with Gasteiger partial charge in [-0.2, -0.15) is 4.98 Å². The van der Waals surface area contributed by atoms with Gasteiger partial charge in [0.15, 0.2) is 17.0 Å². The lowest BCUT2D eigenvalue weighted by Crippen LogP contribution is -2.38. The molecule has 0 unspecified atom stereocenters. The number of aromatic nitrogens is 4. The topological polar surface area (TPSA) is 256 Å². The summed E-state index contributed by atoms with van der Waals surface area (Å²) in [6.45, 7) is 0.0274. The number of hydrogen-bond acceptors (Lipinski definition) is 10. The maximum atomic E-state index is 13.3. The van der Waals surface area contributed by atoms with E-state index in [9.17, 15) is 24.0 Å². The maximum Gasteiger partial charge on any atom is 0.419 e. The summed E-state index contributed by atoms with van der Waals surface area (Å²) in [4.78, 5) is 69.8. The molecule has 3 amide bonds. The number of rotatable bonds is 8. The molecule has 0 aliphatic heterocycles. The molecule has 0 spiro atoms. The van der Waals surface area contributed by atoms with Crippen LogP contribution in [0.1, 0.15) is 48.5 Å². The van der Waals surface area contributed by atoms with Crippen LogP contribution >= 0.6 is 0 Å². The molecule has 5 aromatic rings. The van der Waals surface area contributed by atoms with E-state index in [2.05, 4.69) is 20.6 Å². The van der Waals surface area contributed by atoms with Crippen molar-refractivity contribution >= 4 is 52.2 Å². The molecular weight excluding hydrogens is 550 g/mol. The van der Waals surface area contributed by atoms with Crippen LogP contribution in [0.3, 0.4) is 0 Å². The number of oxazole rings is 1. The Bertz CT molecular complexity index is 1970. The Labute approximate surface area is 234 Å². The summed E-state index contributed by atoms with van der Waals surface area (Å²) in [6.07, 6.45) is 0. The zero-order valence-corrected chi connectivity index (χ0v) is 21.8. The largest absolute Gasteiger partial charge is 0.478 e. The van der Waals surface area contributed by atoms with Gasteiger partial charge in [-0.1, -0.05) is 18.2 Å².